The van der Waals surface area contributed by atoms with Crippen LogP contribution < -0.4 is 15.8 Å². The summed E-state index contributed by atoms with van der Waals surface area (Å²) in [5.74, 6) is -1.47. The van der Waals surface area contributed by atoms with Crippen LogP contribution in [0.4, 0.5) is 10.1 Å². The highest BCUT2D eigenvalue weighted by Crippen LogP contribution is 2.25. The van der Waals surface area contributed by atoms with Crippen molar-refractivity contribution in [3.63, 3.8) is 0 Å². The molecule has 2 aromatic carbocycles. The van der Waals surface area contributed by atoms with Crippen LogP contribution in [0.5, 0.6) is 5.75 Å². The fraction of sp³-hybridized carbons (Fsp3) is 0.222. The molecule has 3 N–H and O–H groups in total. The summed E-state index contributed by atoms with van der Waals surface area (Å²) >= 11 is 5.82. The molecule has 0 aromatic heterocycles. The quantitative estimate of drug-likeness (QED) is 0.849. The molecule has 132 valence electrons. The third kappa shape index (κ3) is 4.48. The van der Waals surface area contributed by atoms with Crippen LogP contribution in [-0.2, 0) is 4.79 Å². The topological polar surface area (TPSA) is 81.4 Å². The van der Waals surface area contributed by atoms with Gasteiger partial charge in [0.1, 0.15) is 11.6 Å². The van der Waals surface area contributed by atoms with Crippen molar-refractivity contribution >= 4 is 29.1 Å². The van der Waals surface area contributed by atoms with E-state index in [0.717, 1.165) is 6.07 Å². The Hall–Kier alpha value is -2.60. The second-order valence-electron chi connectivity index (χ2n) is 6.02. The lowest BCUT2D eigenvalue weighted by Crippen LogP contribution is -2.42. The smallest absolute Gasteiger partial charge is 0.267 e. The number of ether oxygens (including phenoxy) is 1. The SMILES string of the molecule is Cc1c(F)cc(C(N)=O)cc1NC(=O)C(C)(C)Oc1ccc(Cl)cc1. The van der Waals surface area contributed by atoms with E-state index in [2.05, 4.69) is 5.32 Å². The van der Waals surface area contributed by atoms with Crippen LogP contribution >= 0.6 is 11.6 Å². The fourth-order valence-electron chi connectivity index (χ4n) is 2.07. The summed E-state index contributed by atoms with van der Waals surface area (Å²) in [5, 5.41) is 3.13. The van der Waals surface area contributed by atoms with E-state index in [4.69, 9.17) is 22.1 Å². The highest BCUT2D eigenvalue weighted by molar-refractivity contribution is 6.30. The minimum absolute atomic E-state index is 0.0326. The maximum Gasteiger partial charge on any atom is 0.267 e. The first-order chi connectivity index (χ1) is 11.6. The molecule has 5 nitrogen and oxygen atoms in total. The number of nitrogens with one attached hydrogen (secondary N) is 1. The van der Waals surface area contributed by atoms with Gasteiger partial charge in [0.2, 0.25) is 5.91 Å². The number of hydrogen-bond acceptors (Lipinski definition) is 3. The van der Waals surface area contributed by atoms with Crippen LogP contribution in [0.1, 0.15) is 29.8 Å². The minimum Gasteiger partial charge on any atom is -0.478 e. The molecule has 0 saturated heterocycles. The second kappa shape index (κ2) is 7.11. The summed E-state index contributed by atoms with van der Waals surface area (Å²) in [4.78, 5) is 23.8. The lowest BCUT2D eigenvalue weighted by atomic mass is 10.1. The van der Waals surface area contributed by atoms with Gasteiger partial charge in [-0.3, -0.25) is 9.59 Å². The summed E-state index contributed by atoms with van der Waals surface area (Å²) in [6.07, 6.45) is 0. The number of amides is 2. The molecular weight excluding hydrogens is 347 g/mol. The Morgan fingerprint density at radius 1 is 1.20 bits per heavy atom. The molecule has 0 aliphatic heterocycles. The Bertz CT molecular complexity index is 820. The number of halogens is 2. The molecule has 2 amide bonds. The molecular formula is C18H18ClFN2O3. The van der Waals surface area contributed by atoms with Crippen molar-refractivity contribution in [2.45, 2.75) is 26.4 Å². The van der Waals surface area contributed by atoms with E-state index in [0.29, 0.717) is 10.8 Å². The molecule has 0 aliphatic carbocycles. The van der Waals surface area contributed by atoms with Crippen molar-refractivity contribution in [2.75, 3.05) is 5.32 Å². The normalized spacial score (nSPS) is 11.1. The highest BCUT2D eigenvalue weighted by atomic mass is 35.5. The van der Waals surface area contributed by atoms with E-state index >= 15 is 0 Å². The first kappa shape index (κ1) is 18.7. The van der Waals surface area contributed by atoms with Crippen LogP contribution in [0.15, 0.2) is 36.4 Å². The number of benzene rings is 2. The van der Waals surface area contributed by atoms with Gasteiger partial charge in [0.15, 0.2) is 5.60 Å². The maximum absolute atomic E-state index is 13.9. The Morgan fingerprint density at radius 2 is 1.80 bits per heavy atom. The average molecular weight is 365 g/mol. The van der Waals surface area contributed by atoms with Gasteiger partial charge in [-0.2, -0.15) is 0 Å². The van der Waals surface area contributed by atoms with Crippen LogP contribution in [-0.4, -0.2) is 17.4 Å². The van der Waals surface area contributed by atoms with E-state index in [-0.39, 0.29) is 16.8 Å². The van der Waals surface area contributed by atoms with Gasteiger partial charge < -0.3 is 15.8 Å². The second-order valence-corrected chi connectivity index (χ2v) is 6.45. The minimum atomic E-state index is -1.25. The third-order valence-corrected chi connectivity index (χ3v) is 3.86. The Morgan fingerprint density at radius 3 is 2.36 bits per heavy atom. The zero-order chi connectivity index (χ0) is 18.8. The molecule has 0 bridgehead atoms. The van der Waals surface area contributed by atoms with Crippen LogP contribution in [0.2, 0.25) is 5.02 Å². The number of rotatable bonds is 5. The molecule has 25 heavy (non-hydrogen) atoms. The molecule has 0 heterocycles. The van der Waals surface area contributed by atoms with E-state index in [1.165, 1.54) is 13.0 Å². The fourth-order valence-corrected chi connectivity index (χ4v) is 2.19. The van der Waals surface area contributed by atoms with Gasteiger partial charge in [-0.15, -0.1) is 0 Å². The van der Waals surface area contributed by atoms with Crippen molar-refractivity contribution in [3.05, 3.63) is 58.4 Å². The summed E-state index contributed by atoms with van der Waals surface area (Å²) in [6.45, 7) is 4.63. The van der Waals surface area contributed by atoms with E-state index in [9.17, 15) is 14.0 Å². The summed E-state index contributed by atoms with van der Waals surface area (Å²) in [7, 11) is 0. The van der Waals surface area contributed by atoms with Gasteiger partial charge in [-0.25, -0.2) is 4.39 Å². The van der Waals surface area contributed by atoms with Gasteiger partial charge >= 0.3 is 0 Å². The number of primary amides is 1. The number of nitrogens with two attached hydrogens (primary N) is 1. The lowest BCUT2D eigenvalue weighted by Gasteiger charge is -2.26. The first-order valence-electron chi connectivity index (χ1n) is 7.46. The van der Waals surface area contributed by atoms with Gasteiger partial charge in [-0.1, -0.05) is 11.6 Å². The molecule has 0 unspecified atom stereocenters. The first-order valence-corrected chi connectivity index (χ1v) is 7.84. The highest BCUT2D eigenvalue weighted by Gasteiger charge is 2.30. The van der Waals surface area contributed by atoms with Crippen molar-refractivity contribution in [2.24, 2.45) is 5.73 Å². The molecule has 0 aliphatic rings. The molecule has 0 fully saturated rings. The summed E-state index contributed by atoms with van der Waals surface area (Å²) in [6, 6.07) is 8.91. The molecule has 0 saturated carbocycles. The zero-order valence-corrected chi connectivity index (χ0v) is 14.8. The molecule has 2 rings (SSSR count). The van der Waals surface area contributed by atoms with E-state index < -0.39 is 23.2 Å². The van der Waals surface area contributed by atoms with Gasteiger partial charge in [0.25, 0.3) is 5.91 Å². The van der Waals surface area contributed by atoms with Crippen molar-refractivity contribution < 1.29 is 18.7 Å². The molecule has 7 heteroatoms. The average Bonchev–Trinajstić information content (AvgIpc) is 2.53. The Labute approximate surface area is 149 Å². The molecule has 2 aromatic rings. The molecule has 0 spiro atoms. The van der Waals surface area contributed by atoms with Crippen LogP contribution in [0.3, 0.4) is 0 Å². The lowest BCUT2D eigenvalue weighted by molar-refractivity contribution is -0.128. The Kier molecular flexibility index (Phi) is 5.33. The standard InChI is InChI=1S/C18H18ClFN2O3/c1-10-14(20)8-11(16(21)23)9-15(10)22-17(24)18(2,3)25-13-6-4-12(19)5-7-13/h4-9H,1-3H3,(H2,21,23)(H,22,24). The summed E-state index contributed by atoms with van der Waals surface area (Å²) < 4.78 is 19.6. The number of hydrogen-bond donors (Lipinski definition) is 2. The van der Waals surface area contributed by atoms with Gasteiger partial charge in [0, 0.05) is 21.8 Å². The van der Waals surface area contributed by atoms with E-state index in [1.54, 1.807) is 38.1 Å². The van der Waals surface area contributed by atoms with Crippen molar-refractivity contribution in [1.29, 1.82) is 0 Å². The molecule has 0 radical (unpaired) electrons. The van der Waals surface area contributed by atoms with Crippen LogP contribution in [0.25, 0.3) is 0 Å². The third-order valence-electron chi connectivity index (χ3n) is 3.61. The van der Waals surface area contributed by atoms with E-state index in [1.807, 2.05) is 0 Å². The largest absolute Gasteiger partial charge is 0.478 e. The monoisotopic (exact) mass is 364 g/mol. The predicted octanol–water partition coefficient (Wildman–Crippen LogP) is 3.68. The zero-order valence-electron chi connectivity index (χ0n) is 14.0. The summed E-state index contributed by atoms with van der Waals surface area (Å²) in [5.41, 5.74) is 4.25. The van der Waals surface area contributed by atoms with Crippen LogP contribution in [0, 0.1) is 12.7 Å². The van der Waals surface area contributed by atoms with Gasteiger partial charge in [0.05, 0.1) is 0 Å². The number of carbonyl (C=O) groups is 2. The maximum atomic E-state index is 13.9. The number of carbonyl (C=O) groups excluding carboxylic acids is 2. The Balaban J connectivity index is 2.23. The van der Waals surface area contributed by atoms with Crippen molar-refractivity contribution in [1.82, 2.24) is 0 Å². The van der Waals surface area contributed by atoms with Gasteiger partial charge in [-0.05, 0) is 57.2 Å². The number of anilines is 1. The molecule has 0 atom stereocenters. The van der Waals surface area contributed by atoms with Crippen molar-refractivity contribution in [3.8, 4) is 5.75 Å². The predicted molar refractivity (Wildman–Crippen MR) is 94.4 cm³/mol.